The normalized spacial score (nSPS) is 15.8. The van der Waals surface area contributed by atoms with Crippen LogP contribution < -0.4 is 5.32 Å². The van der Waals surface area contributed by atoms with Gasteiger partial charge in [0.1, 0.15) is 11.9 Å². The zero-order chi connectivity index (χ0) is 13.2. The lowest BCUT2D eigenvalue weighted by atomic mass is 9.77. The molecule has 0 aliphatic heterocycles. The van der Waals surface area contributed by atoms with Crippen LogP contribution in [0.5, 0.6) is 0 Å². The van der Waals surface area contributed by atoms with Crippen molar-refractivity contribution in [2.24, 2.45) is 0 Å². The Bertz CT molecular complexity index is 671. The number of fused-ring (bicyclic) bond motifs is 1. The van der Waals surface area contributed by atoms with Gasteiger partial charge in [-0.25, -0.2) is 4.98 Å². The van der Waals surface area contributed by atoms with E-state index < -0.39 is 0 Å². The Kier molecular flexibility index (Phi) is 2.73. The quantitative estimate of drug-likeness (QED) is 0.887. The first-order chi connectivity index (χ1) is 9.28. The molecular weight excluding hydrogens is 238 g/mol. The van der Waals surface area contributed by atoms with Crippen molar-refractivity contribution in [3.8, 4) is 6.07 Å². The van der Waals surface area contributed by atoms with E-state index in [1.54, 1.807) is 12.1 Å². The van der Waals surface area contributed by atoms with Crippen molar-refractivity contribution >= 4 is 11.7 Å². The number of aromatic nitrogens is 1. The number of carbonyl (C=O) groups excluding carboxylic acids is 1. The maximum atomic E-state index is 12.1. The monoisotopic (exact) mass is 249 g/mol. The van der Waals surface area contributed by atoms with Gasteiger partial charge < -0.3 is 5.32 Å². The molecule has 92 valence electrons. The van der Waals surface area contributed by atoms with Crippen molar-refractivity contribution in [3.63, 3.8) is 0 Å². The second-order valence-electron chi connectivity index (χ2n) is 4.49. The molecule has 0 spiro atoms. The Labute approximate surface area is 110 Å². The molecule has 1 unspecified atom stereocenters. The molecule has 3 rings (SSSR count). The maximum absolute atomic E-state index is 12.1. The van der Waals surface area contributed by atoms with Gasteiger partial charge in [-0.05, 0) is 29.7 Å². The summed E-state index contributed by atoms with van der Waals surface area (Å²) in [7, 11) is 0. The molecule has 19 heavy (non-hydrogen) atoms. The number of carbonyl (C=O) groups is 1. The minimum absolute atomic E-state index is 0.0455. The van der Waals surface area contributed by atoms with Crippen LogP contribution in [-0.2, 0) is 11.2 Å². The van der Waals surface area contributed by atoms with E-state index in [0.29, 0.717) is 11.4 Å². The Hall–Kier alpha value is -2.67. The fourth-order valence-electron chi connectivity index (χ4n) is 2.24. The third-order valence-corrected chi connectivity index (χ3v) is 3.31. The van der Waals surface area contributed by atoms with Crippen LogP contribution in [0.15, 0.2) is 42.6 Å². The zero-order valence-electron chi connectivity index (χ0n) is 10.1. The lowest BCUT2D eigenvalue weighted by Crippen LogP contribution is -2.30. The van der Waals surface area contributed by atoms with Gasteiger partial charge in [0.25, 0.3) is 0 Å². The van der Waals surface area contributed by atoms with Crippen LogP contribution in [-0.4, -0.2) is 10.9 Å². The fourth-order valence-corrected chi connectivity index (χ4v) is 2.24. The van der Waals surface area contributed by atoms with Crippen LogP contribution in [0.2, 0.25) is 0 Å². The van der Waals surface area contributed by atoms with Gasteiger partial charge in [-0.1, -0.05) is 24.3 Å². The first kappa shape index (κ1) is 11.4. The second-order valence-corrected chi connectivity index (χ2v) is 4.49. The van der Waals surface area contributed by atoms with Crippen molar-refractivity contribution in [2.75, 3.05) is 5.32 Å². The highest BCUT2D eigenvalue weighted by Gasteiger charge is 2.31. The molecule has 0 fully saturated rings. The van der Waals surface area contributed by atoms with Gasteiger partial charge in [-0.15, -0.1) is 0 Å². The number of pyridine rings is 1. The van der Waals surface area contributed by atoms with Crippen LogP contribution in [0.1, 0.15) is 22.6 Å². The summed E-state index contributed by atoms with van der Waals surface area (Å²) in [5.41, 5.74) is 2.80. The molecule has 0 saturated carbocycles. The van der Waals surface area contributed by atoms with Gasteiger partial charge in [0.2, 0.25) is 5.91 Å². The van der Waals surface area contributed by atoms with Crippen molar-refractivity contribution in [3.05, 3.63) is 59.3 Å². The first-order valence-corrected chi connectivity index (χ1v) is 6.03. The molecule has 1 atom stereocenters. The van der Waals surface area contributed by atoms with Crippen LogP contribution in [0.25, 0.3) is 0 Å². The SMILES string of the molecule is N#Cc1ccc(NC(=O)C2Cc3ccccc32)nc1. The van der Waals surface area contributed by atoms with E-state index in [4.69, 9.17) is 5.26 Å². The summed E-state index contributed by atoms with van der Waals surface area (Å²) in [5, 5.41) is 11.5. The predicted molar refractivity (Wildman–Crippen MR) is 70.5 cm³/mol. The average molecular weight is 249 g/mol. The molecule has 0 saturated heterocycles. The summed E-state index contributed by atoms with van der Waals surface area (Å²) in [4.78, 5) is 16.1. The Morgan fingerprint density at radius 1 is 1.32 bits per heavy atom. The minimum Gasteiger partial charge on any atom is -0.310 e. The van der Waals surface area contributed by atoms with E-state index in [2.05, 4.69) is 10.3 Å². The number of benzene rings is 1. The topological polar surface area (TPSA) is 65.8 Å². The zero-order valence-corrected chi connectivity index (χ0v) is 10.1. The summed E-state index contributed by atoms with van der Waals surface area (Å²) < 4.78 is 0. The molecule has 0 radical (unpaired) electrons. The molecule has 2 aromatic rings. The highest BCUT2D eigenvalue weighted by Crippen LogP contribution is 2.35. The molecular formula is C15H11N3O. The van der Waals surface area contributed by atoms with Crippen molar-refractivity contribution in [1.29, 1.82) is 5.26 Å². The maximum Gasteiger partial charge on any atom is 0.233 e. The lowest BCUT2D eigenvalue weighted by molar-refractivity contribution is -0.118. The molecule has 0 bridgehead atoms. The van der Waals surface area contributed by atoms with Crippen LogP contribution in [0.3, 0.4) is 0 Å². The Balaban J connectivity index is 1.71. The highest BCUT2D eigenvalue weighted by molar-refractivity contribution is 5.97. The number of nitrogens with zero attached hydrogens (tertiary/aromatic N) is 2. The summed E-state index contributed by atoms with van der Waals surface area (Å²) in [6.45, 7) is 0. The van der Waals surface area contributed by atoms with Gasteiger partial charge in [0.15, 0.2) is 0 Å². The largest absolute Gasteiger partial charge is 0.310 e. The molecule has 1 aromatic heterocycles. The van der Waals surface area contributed by atoms with Gasteiger partial charge in [0, 0.05) is 6.20 Å². The van der Waals surface area contributed by atoms with Crippen LogP contribution >= 0.6 is 0 Å². The van der Waals surface area contributed by atoms with E-state index in [-0.39, 0.29) is 11.8 Å². The van der Waals surface area contributed by atoms with Crippen molar-refractivity contribution < 1.29 is 4.79 Å². The minimum atomic E-state index is -0.0892. The Morgan fingerprint density at radius 2 is 2.16 bits per heavy atom. The molecule has 4 nitrogen and oxygen atoms in total. The van der Waals surface area contributed by atoms with Gasteiger partial charge in [-0.3, -0.25) is 4.79 Å². The van der Waals surface area contributed by atoms with Crippen molar-refractivity contribution in [2.45, 2.75) is 12.3 Å². The predicted octanol–water partition coefficient (Wildman–Crippen LogP) is 2.23. The van der Waals surface area contributed by atoms with Crippen molar-refractivity contribution in [1.82, 2.24) is 4.98 Å². The molecule has 1 N–H and O–H groups in total. The van der Waals surface area contributed by atoms with Gasteiger partial charge in [-0.2, -0.15) is 5.26 Å². The lowest BCUT2D eigenvalue weighted by Gasteiger charge is -2.28. The number of hydrogen-bond acceptors (Lipinski definition) is 3. The standard InChI is InChI=1S/C15H11N3O/c16-8-10-5-6-14(17-9-10)18-15(19)13-7-11-3-1-2-4-12(11)13/h1-6,9,13H,7H2,(H,17,18,19). The average Bonchev–Trinajstić information content (AvgIpc) is 2.41. The summed E-state index contributed by atoms with van der Waals surface area (Å²) in [6.07, 6.45) is 2.22. The summed E-state index contributed by atoms with van der Waals surface area (Å²) in [6, 6.07) is 13.2. The van der Waals surface area contributed by atoms with Gasteiger partial charge in [0.05, 0.1) is 11.5 Å². The number of nitrogens with one attached hydrogen (secondary N) is 1. The first-order valence-electron chi connectivity index (χ1n) is 6.03. The number of rotatable bonds is 2. The van der Waals surface area contributed by atoms with E-state index in [9.17, 15) is 4.79 Å². The molecule has 1 amide bonds. The molecule has 1 heterocycles. The fraction of sp³-hybridized carbons (Fsp3) is 0.133. The van der Waals surface area contributed by atoms with Crippen LogP contribution in [0.4, 0.5) is 5.82 Å². The molecule has 1 aliphatic rings. The van der Waals surface area contributed by atoms with Gasteiger partial charge >= 0.3 is 0 Å². The molecule has 1 aromatic carbocycles. The number of nitriles is 1. The van der Waals surface area contributed by atoms with E-state index in [1.165, 1.54) is 11.8 Å². The highest BCUT2D eigenvalue weighted by atomic mass is 16.2. The van der Waals surface area contributed by atoms with Crippen LogP contribution in [0, 0.1) is 11.3 Å². The van der Waals surface area contributed by atoms with E-state index in [1.807, 2.05) is 30.3 Å². The number of anilines is 1. The summed E-state index contributed by atoms with van der Waals surface area (Å²) >= 11 is 0. The third kappa shape index (κ3) is 2.06. The number of hydrogen-bond donors (Lipinski definition) is 1. The molecule has 1 aliphatic carbocycles. The summed E-state index contributed by atoms with van der Waals surface area (Å²) in [5.74, 6) is 0.345. The third-order valence-electron chi connectivity index (χ3n) is 3.31. The smallest absolute Gasteiger partial charge is 0.233 e. The molecule has 4 heteroatoms. The van der Waals surface area contributed by atoms with E-state index in [0.717, 1.165) is 12.0 Å². The second kappa shape index (κ2) is 4.54. The van der Waals surface area contributed by atoms with E-state index >= 15 is 0 Å². The number of amides is 1. The Morgan fingerprint density at radius 3 is 2.84 bits per heavy atom.